The summed E-state index contributed by atoms with van der Waals surface area (Å²) in [6, 6.07) is 7.62. The van der Waals surface area contributed by atoms with Crippen LogP contribution in [0, 0.1) is 5.41 Å². The van der Waals surface area contributed by atoms with Crippen LogP contribution < -0.4 is 20.1 Å². The molecule has 170 valence electrons. The maximum absolute atomic E-state index is 12.5. The monoisotopic (exact) mass is 485 g/mol. The van der Waals surface area contributed by atoms with E-state index in [1.54, 1.807) is 12.1 Å². The van der Waals surface area contributed by atoms with Crippen LogP contribution in [-0.2, 0) is 16.1 Å². The number of alkyl halides is 2. The molecule has 3 saturated carbocycles. The number of nitrogens with zero attached hydrogens (tertiary/aromatic N) is 1. The topological polar surface area (TPSA) is 89.5 Å². The Morgan fingerprint density at radius 1 is 1.09 bits per heavy atom. The largest absolute Gasteiger partial charge is 0.484 e. The predicted molar refractivity (Wildman–Crippen MR) is 112 cm³/mol. The first-order valence-electron chi connectivity index (χ1n) is 9.76. The standard InChI is InChI=1S/C21H19Cl2F2N3O4/c22-15-4-3-13(5-16(15)23)31-8-17(29)28-21-9-20(10-21,11-21)18(30)27-6-12-1-2-14(7-26-12)32-19(24)25/h1-5,7,19H,6,8-11H2,(H,27,30)(H,28,29). The average Bonchev–Trinajstić information content (AvgIpc) is 2.69. The van der Waals surface area contributed by atoms with Gasteiger partial charge in [-0.15, -0.1) is 0 Å². The van der Waals surface area contributed by atoms with Crippen LogP contribution in [0.15, 0.2) is 36.5 Å². The summed E-state index contributed by atoms with van der Waals surface area (Å²) in [5.74, 6) is -0.00352. The van der Waals surface area contributed by atoms with Crippen molar-refractivity contribution in [3.63, 3.8) is 0 Å². The van der Waals surface area contributed by atoms with Gasteiger partial charge in [-0.1, -0.05) is 23.2 Å². The summed E-state index contributed by atoms with van der Waals surface area (Å²) >= 11 is 11.8. The van der Waals surface area contributed by atoms with E-state index in [2.05, 4.69) is 20.4 Å². The van der Waals surface area contributed by atoms with Crippen molar-refractivity contribution in [3.8, 4) is 11.5 Å². The van der Waals surface area contributed by atoms with Gasteiger partial charge in [0.2, 0.25) is 5.91 Å². The SMILES string of the molecule is O=C(COc1ccc(Cl)c(Cl)c1)NC12CC(C(=O)NCc3ccc(OC(F)F)cn3)(C1)C2. The number of nitrogens with one attached hydrogen (secondary N) is 2. The molecule has 0 unspecified atom stereocenters. The molecule has 2 N–H and O–H groups in total. The van der Waals surface area contributed by atoms with Crippen LogP contribution >= 0.6 is 23.2 Å². The van der Waals surface area contributed by atoms with Crippen molar-refractivity contribution in [2.75, 3.05) is 6.61 Å². The molecular formula is C21H19Cl2F2N3O4. The highest BCUT2D eigenvalue weighted by atomic mass is 35.5. The minimum absolute atomic E-state index is 0.0460. The van der Waals surface area contributed by atoms with Crippen LogP contribution in [0.5, 0.6) is 11.5 Å². The summed E-state index contributed by atoms with van der Waals surface area (Å²) in [6.45, 7) is -2.91. The smallest absolute Gasteiger partial charge is 0.387 e. The Morgan fingerprint density at radius 3 is 2.44 bits per heavy atom. The van der Waals surface area contributed by atoms with Crippen LogP contribution in [0.3, 0.4) is 0 Å². The molecule has 0 saturated heterocycles. The number of halogens is 4. The molecule has 7 nitrogen and oxygen atoms in total. The zero-order valence-corrected chi connectivity index (χ0v) is 18.2. The third kappa shape index (κ3) is 4.73. The molecule has 2 aromatic rings. The fourth-order valence-electron chi connectivity index (χ4n) is 4.26. The van der Waals surface area contributed by atoms with Gasteiger partial charge in [-0.3, -0.25) is 14.6 Å². The molecule has 3 aliphatic carbocycles. The molecule has 0 atom stereocenters. The Labute approximate surface area is 192 Å². The van der Waals surface area contributed by atoms with Crippen LogP contribution in [-0.4, -0.2) is 35.6 Å². The fourth-order valence-corrected chi connectivity index (χ4v) is 4.54. The quantitative estimate of drug-likeness (QED) is 0.564. The summed E-state index contributed by atoms with van der Waals surface area (Å²) in [4.78, 5) is 28.8. The van der Waals surface area contributed by atoms with Crippen LogP contribution in [0.2, 0.25) is 10.0 Å². The molecule has 2 bridgehead atoms. The summed E-state index contributed by atoms with van der Waals surface area (Å²) in [6.07, 6.45) is 2.84. The first kappa shape index (κ1) is 22.5. The number of carbonyl (C=O) groups excluding carboxylic acids is 2. The lowest BCUT2D eigenvalue weighted by atomic mass is 9.39. The predicted octanol–water partition coefficient (Wildman–Crippen LogP) is 3.72. The molecule has 2 amide bonds. The van der Waals surface area contributed by atoms with Crippen molar-refractivity contribution < 1.29 is 27.8 Å². The van der Waals surface area contributed by atoms with Gasteiger partial charge in [-0.25, -0.2) is 0 Å². The average molecular weight is 486 g/mol. The molecule has 32 heavy (non-hydrogen) atoms. The van der Waals surface area contributed by atoms with E-state index >= 15 is 0 Å². The molecule has 1 aromatic carbocycles. The molecule has 3 aliphatic rings. The van der Waals surface area contributed by atoms with Gasteiger partial charge >= 0.3 is 6.61 Å². The van der Waals surface area contributed by atoms with Gasteiger partial charge in [0.1, 0.15) is 11.5 Å². The van der Waals surface area contributed by atoms with Gasteiger partial charge in [0.15, 0.2) is 6.61 Å². The van der Waals surface area contributed by atoms with Crippen LogP contribution in [0.1, 0.15) is 25.0 Å². The van der Waals surface area contributed by atoms with Crippen molar-refractivity contribution in [2.45, 2.75) is 38.0 Å². The van der Waals surface area contributed by atoms with E-state index < -0.39 is 12.0 Å². The third-order valence-corrected chi connectivity index (χ3v) is 6.37. The van der Waals surface area contributed by atoms with Crippen molar-refractivity contribution in [2.24, 2.45) is 5.41 Å². The third-order valence-electron chi connectivity index (χ3n) is 5.63. The number of pyridine rings is 1. The van der Waals surface area contributed by atoms with Crippen molar-refractivity contribution in [3.05, 3.63) is 52.3 Å². The molecule has 5 rings (SSSR count). The molecular weight excluding hydrogens is 467 g/mol. The van der Waals surface area contributed by atoms with E-state index in [1.165, 1.54) is 24.4 Å². The zero-order valence-electron chi connectivity index (χ0n) is 16.7. The number of ether oxygens (including phenoxy) is 2. The van der Waals surface area contributed by atoms with Crippen molar-refractivity contribution in [1.29, 1.82) is 0 Å². The molecule has 1 heterocycles. The lowest BCUT2D eigenvalue weighted by Crippen LogP contribution is -2.78. The maximum atomic E-state index is 12.5. The molecule has 11 heteroatoms. The van der Waals surface area contributed by atoms with Gasteiger partial charge in [-0.2, -0.15) is 8.78 Å². The zero-order chi connectivity index (χ0) is 22.9. The Bertz CT molecular complexity index is 1020. The first-order valence-corrected chi connectivity index (χ1v) is 10.5. The van der Waals surface area contributed by atoms with Crippen molar-refractivity contribution >= 4 is 35.0 Å². The minimum Gasteiger partial charge on any atom is -0.484 e. The number of hydrogen-bond acceptors (Lipinski definition) is 5. The number of amides is 2. The number of benzene rings is 1. The molecule has 3 fully saturated rings. The lowest BCUT2D eigenvalue weighted by molar-refractivity contribution is -0.184. The lowest BCUT2D eigenvalue weighted by Gasteiger charge is -2.69. The highest BCUT2D eigenvalue weighted by molar-refractivity contribution is 6.42. The van der Waals surface area contributed by atoms with Gasteiger partial charge in [0, 0.05) is 11.6 Å². The molecule has 0 aliphatic heterocycles. The van der Waals surface area contributed by atoms with Crippen molar-refractivity contribution in [1.82, 2.24) is 15.6 Å². The Hall–Kier alpha value is -2.65. The maximum Gasteiger partial charge on any atom is 0.387 e. The van der Waals surface area contributed by atoms with Crippen LogP contribution in [0.4, 0.5) is 8.78 Å². The number of hydrogen-bond donors (Lipinski definition) is 2. The van der Waals surface area contributed by atoms with Gasteiger partial charge in [0.05, 0.1) is 33.9 Å². The van der Waals surface area contributed by atoms with E-state index in [9.17, 15) is 18.4 Å². The second kappa shape index (κ2) is 8.71. The number of aromatic nitrogens is 1. The second-order valence-electron chi connectivity index (χ2n) is 8.05. The number of rotatable bonds is 9. The summed E-state index contributed by atoms with van der Waals surface area (Å²) < 4.78 is 34.0. The summed E-state index contributed by atoms with van der Waals surface area (Å²) in [5.41, 5.74) is -0.340. The second-order valence-corrected chi connectivity index (χ2v) is 8.86. The summed E-state index contributed by atoms with van der Waals surface area (Å²) in [7, 11) is 0. The fraction of sp³-hybridized carbons (Fsp3) is 0.381. The Kier molecular flexibility index (Phi) is 6.13. The van der Waals surface area contributed by atoms with Gasteiger partial charge < -0.3 is 20.1 Å². The van der Waals surface area contributed by atoms with E-state index in [1.807, 2.05) is 0 Å². The minimum atomic E-state index is -2.91. The van der Waals surface area contributed by atoms with Crippen LogP contribution in [0.25, 0.3) is 0 Å². The Morgan fingerprint density at radius 2 is 1.81 bits per heavy atom. The van der Waals surface area contributed by atoms with E-state index in [-0.39, 0.29) is 36.3 Å². The molecule has 0 radical (unpaired) electrons. The number of carbonyl (C=O) groups is 2. The highest BCUT2D eigenvalue weighted by Crippen LogP contribution is 2.67. The molecule has 0 spiro atoms. The Balaban J connectivity index is 1.19. The summed E-state index contributed by atoms with van der Waals surface area (Å²) in [5, 5.41) is 6.49. The van der Waals surface area contributed by atoms with E-state index in [0.29, 0.717) is 40.8 Å². The van der Waals surface area contributed by atoms with E-state index in [0.717, 1.165) is 0 Å². The van der Waals surface area contributed by atoms with Gasteiger partial charge in [0.25, 0.3) is 5.91 Å². The highest BCUT2D eigenvalue weighted by Gasteiger charge is 2.72. The first-order chi connectivity index (χ1) is 15.2. The van der Waals surface area contributed by atoms with Gasteiger partial charge in [-0.05, 0) is 43.5 Å². The molecule has 1 aromatic heterocycles. The normalized spacial score (nSPS) is 23.0. The van der Waals surface area contributed by atoms with E-state index in [4.69, 9.17) is 27.9 Å².